The van der Waals surface area contributed by atoms with Gasteiger partial charge in [0.05, 0.1) is 0 Å². The van der Waals surface area contributed by atoms with Crippen molar-refractivity contribution in [3.63, 3.8) is 0 Å². The lowest BCUT2D eigenvalue weighted by molar-refractivity contribution is 0.300. The molecular formula is C24H23NO2. The van der Waals surface area contributed by atoms with Gasteiger partial charge >= 0.3 is 0 Å². The Hall–Kier alpha value is -3.07. The number of para-hydroxylation sites is 2. The second kappa shape index (κ2) is 7.67. The van der Waals surface area contributed by atoms with Crippen LogP contribution in [0.3, 0.4) is 0 Å². The standard InChI is InChI=1S/C24H23NO2/c1-17-12-13-20(23(14-17)26-16-19-8-4-3-5-9-19)18(2)15-24-25-21-10-6-7-11-22(21)27-24/h3-14,18H,15-16H2,1-2H3. The summed E-state index contributed by atoms with van der Waals surface area (Å²) in [5.74, 6) is 1.94. The summed E-state index contributed by atoms with van der Waals surface area (Å²) in [4.78, 5) is 4.61. The van der Waals surface area contributed by atoms with Gasteiger partial charge in [0.2, 0.25) is 0 Å². The minimum Gasteiger partial charge on any atom is -0.489 e. The van der Waals surface area contributed by atoms with Crippen molar-refractivity contribution in [2.45, 2.75) is 32.8 Å². The highest BCUT2D eigenvalue weighted by Crippen LogP contribution is 2.31. The lowest BCUT2D eigenvalue weighted by Gasteiger charge is -2.17. The number of benzene rings is 3. The quantitative estimate of drug-likeness (QED) is 0.421. The molecule has 3 nitrogen and oxygen atoms in total. The molecule has 0 N–H and O–H groups in total. The number of oxazole rings is 1. The molecule has 1 aromatic heterocycles. The summed E-state index contributed by atoms with van der Waals surface area (Å²) in [5.41, 5.74) is 5.28. The van der Waals surface area contributed by atoms with Crippen molar-refractivity contribution in [3.8, 4) is 5.75 Å². The number of hydrogen-bond acceptors (Lipinski definition) is 3. The lowest BCUT2D eigenvalue weighted by Crippen LogP contribution is -2.04. The SMILES string of the molecule is Cc1ccc(C(C)Cc2nc3ccccc3o2)c(OCc2ccccc2)c1. The molecule has 0 radical (unpaired) electrons. The van der Waals surface area contributed by atoms with Crippen LogP contribution < -0.4 is 4.74 Å². The second-order valence-electron chi connectivity index (χ2n) is 7.00. The Morgan fingerprint density at radius 2 is 1.74 bits per heavy atom. The zero-order valence-corrected chi connectivity index (χ0v) is 15.7. The van der Waals surface area contributed by atoms with Crippen molar-refractivity contribution < 1.29 is 9.15 Å². The van der Waals surface area contributed by atoms with Crippen LogP contribution in [0.25, 0.3) is 11.1 Å². The summed E-state index contributed by atoms with van der Waals surface area (Å²) in [6.45, 7) is 4.84. The van der Waals surface area contributed by atoms with Gasteiger partial charge in [-0.25, -0.2) is 4.98 Å². The van der Waals surface area contributed by atoms with E-state index in [9.17, 15) is 0 Å². The first-order chi connectivity index (χ1) is 13.2. The van der Waals surface area contributed by atoms with Crippen molar-refractivity contribution in [3.05, 3.63) is 95.4 Å². The van der Waals surface area contributed by atoms with Gasteiger partial charge in [0.15, 0.2) is 11.5 Å². The van der Waals surface area contributed by atoms with Gasteiger partial charge in [-0.2, -0.15) is 0 Å². The molecule has 4 rings (SSSR count). The minimum absolute atomic E-state index is 0.240. The van der Waals surface area contributed by atoms with Crippen LogP contribution in [0.5, 0.6) is 5.75 Å². The molecule has 0 aliphatic heterocycles. The molecule has 1 unspecified atom stereocenters. The topological polar surface area (TPSA) is 35.3 Å². The Morgan fingerprint density at radius 3 is 2.56 bits per heavy atom. The Kier molecular flexibility index (Phi) is 4.93. The van der Waals surface area contributed by atoms with Crippen LogP contribution in [0.1, 0.15) is 35.4 Å². The number of aryl methyl sites for hydroxylation is 1. The fourth-order valence-corrected chi connectivity index (χ4v) is 3.29. The van der Waals surface area contributed by atoms with Gasteiger partial charge in [0.1, 0.15) is 17.9 Å². The molecule has 0 fully saturated rings. The molecule has 0 bridgehead atoms. The molecule has 0 saturated heterocycles. The van der Waals surface area contributed by atoms with Crippen molar-refractivity contribution in [2.24, 2.45) is 0 Å². The van der Waals surface area contributed by atoms with Gasteiger partial charge in [-0.1, -0.05) is 61.5 Å². The van der Waals surface area contributed by atoms with Crippen molar-refractivity contribution in [2.75, 3.05) is 0 Å². The first-order valence-electron chi connectivity index (χ1n) is 9.31. The molecule has 0 aliphatic carbocycles. The first-order valence-corrected chi connectivity index (χ1v) is 9.31. The Labute approximate surface area is 159 Å². The van der Waals surface area contributed by atoms with Crippen LogP contribution in [-0.4, -0.2) is 4.98 Å². The molecule has 0 spiro atoms. The van der Waals surface area contributed by atoms with Crippen LogP contribution >= 0.6 is 0 Å². The number of aromatic nitrogens is 1. The van der Waals surface area contributed by atoms with E-state index in [1.807, 2.05) is 42.5 Å². The third-order valence-corrected chi connectivity index (χ3v) is 4.76. The highest BCUT2D eigenvalue weighted by Gasteiger charge is 2.16. The summed E-state index contributed by atoms with van der Waals surface area (Å²) in [7, 11) is 0. The van der Waals surface area contributed by atoms with Gasteiger partial charge < -0.3 is 9.15 Å². The van der Waals surface area contributed by atoms with E-state index in [4.69, 9.17) is 9.15 Å². The molecular weight excluding hydrogens is 334 g/mol. The Balaban J connectivity index is 1.54. The molecule has 4 aromatic rings. The van der Waals surface area contributed by atoms with E-state index in [1.165, 1.54) is 11.1 Å². The molecule has 0 amide bonds. The van der Waals surface area contributed by atoms with E-state index in [-0.39, 0.29) is 5.92 Å². The Morgan fingerprint density at radius 1 is 0.963 bits per heavy atom. The largest absolute Gasteiger partial charge is 0.489 e. The van der Waals surface area contributed by atoms with Crippen molar-refractivity contribution in [1.82, 2.24) is 4.98 Å². The minimum atomic E-state index is 0.240. The maximum Gasteiger partial charge on any atom is 0.196 e. The average molecular weight is 357 g/mol. The summed E-state index contributed by atoms with van der Waals surface area (Å²) in [6, 6.07) is 24.5. The normalized spacial score (nSPS) is 12.2. The molecule has 1 heterocycles. The third-order valence-electron chi connectivity index (χ3n) is 4.76. The lowest BCUT2D eigenvalue weighted by atomic mass is 9.95. The van der Waals surface area contributed by atoms with E-state index < -0.39 is 0 Å². The molecule has 1 atom stereocenters. The summed E-state index contributed by atoms with van der Waals surface area (Å²) in [5, 5.41) is 0. The fourth-order valence-electron chi connectivity index (χ4n) is 3.29. The number of rotatable bonds is 6. The number of fused-ring (bicyclic) bond motifs is 1. The van der Waals surface area contributed by atoms with Crippen LogP contribution in [0, 0.1) is 6.92 Å². The van der Waals surface area contributed by atoms with E-state index in [0.29, 0.717) is 6.61 Å². The average Bonchev–Trinajstić information content (AvgIpc) is 3.09. The fraction of sp³-hybridized carbons (Fsp3) is 0.208. The highest BCUT2D eigenvalue weighted by atomic mass is 16.5. The van der Waals surface area contributed by atoms with Crippen molar-refractivity contribution in [1.29, 1.82) is 0 Å². The molecule has 136 valence electrons. The van der Waals surface area contributed by atoms with E-state index in [1.54, 1.807) is 0 Å². The van der Waals surface area contributed by atoms with Gasteiger partial charge in [0, 0.05) is 6.42 Å². The Bertz CT molecular complexity index is 1000. The molecule has 27 heavy (non-hydrogen) atoms. The number of hydrogen-bond donors (Lipinski definition) is 0. The zero-order valence-electron chi connectivity index (χ0n) is 15.7. The number of ether oxygens (including phenoxy) is 1. The first kappa shape index (κ1) is 17.3. The predicted octanol–water partition coefficient (Wildman–Crippen LogP) is 6.06. The van der Waals surface area contributed by atoms with Gasteiger partial charge in [-0.3, -0.25) is 0 Å². The van der Waals surface area contributed by atoms with Gasteiger partial charge in [-0.05, 0) is 47.7 Å². The van der Waals surface area contributed by atoms with Gasteiger partial charge in [0.25, 0.3) is 0 Å². The van der Waals surface area contributed by atoms with Gasteiger partial charge in [-0.15, -0.1) is 0 Å². The zero-order chi connectivity index (χ0) is 18.6. The summed E-state index contributed by atoms with van der Waals surface area (Å²) >= 11 is 0. The van der Waals surface area contributed by atoms with Crippen LogP contribution in [0.2, 0.25) is 0 Å². The second-order valence-corrected chi connectivity index (χ2v) is 7.00. The van der Waals surface area contributed by atoms with E-state index >= 15 is 0 Å². The molecule has 3 aromatic carbocycles. The predicted molar refractivity (Wildman–Crippen MR) is 108 cm³/mol. The summed E-state index contributed by atoms with van der Waals surface area (Å²) < 4.78 is 12.1. The maximum absolute atomic E-state index is 6.17. The summed E-state index contributed by atoms with van der Waals surface area (Å²) in [6.07, 6.45) is 0.736. The van der Waals surface area contributed by atoms with Crippen LogP contribution in [-0.2, 0) is 13.0 Å². The van der Waals surface area contributed by atoms with Crippen LogP contribution in [0.4, 0.5) is 0 Å². The maximum atomic E-state index is 6.17. The smallest absolute Gasteiger partial charge is 0.196 e. The highest BCUT2D eigenvalue weighted by molar-refractivity contribution is 5.72. The molecule has 0 saturated carbocycles. The van der Waals surface area contributed by atoms with Crippen LogP contribution in [0.15, 0.2) is 77.2 Å². The van der Waals surface area contributed by atoms with E-state index in [2.05, 4.69) is 49.2 Å². The monoisotopic (exact) mass is 357 g/mol. The van der Waals surface area contributed by atoms with Crippen molar-refractivity contribution >= 4 is 11.1 Å². The third kappa shape index (κ3) is 4.03. The molecule has 3 heteroatoms. The number of nitrogens with zero attached hydrogens (tertiary/aromatic N) is 1. The van der Waals surface area contributed by atoms with E-state index in [0.717, 1.165) is 34.7 Å². The molecule has 0 aliphatic rings.